The van der Waals surface area contributed by atoms with Crippen LogP contribution in [0.25, 0.3) is 22.3 Å². The fourth-order valence-electron chi connectivity index (χ4n) is 7.48. The molecule has 8 rings (SSSR count). The Bertz CT molecular complexity index is 2460. The Balaban J connectivity index is 0.000000184. The Morgan fingerprint density at radius 1 is 0.508 bits per heavy atom. The molecule has 318 valence electrons. The highest BCUT2D eigenvalue weighted by Crippen LogP contribution is 2.36. The number of fused-ring (bicyclic) bond motifs is 2. The highest BCUT2D eigenvalue weighted by molar-refractivity contribution is 6.34. The average molecular weight is 869 g/mol. The van der Waals surface area contributed by atoms with Gasteiger partial charge in [-0.15, -0.1) is 0 Å². The van der Waals surface area contributed by atoms with E-state index in [0.717, 1.165) is 47.4 Å². The van der Waals surface area contributed by atoms with E-state index < -0.39 is 37.3 Å². The van der Waals surface area contributed by atoms with Gasteiger partial charge in [0.25, 0.3) is 11.8 Å². The first kappa shape index (κ1) is 42.7. The van der Waals surface area contributed by atoms with E-state index >= 15 is 0 Å². The summed E-state index contributed by atoms with van der Waals surface area (Å²) in [5, 5.41) is 0.107. The Morgan fingerprint density at radius 3 is 1.39 bits per heavy atom. The quantitative estimate of drug-likeness (QED) is 0.137. The normalized spacial score (nSPS) is 16.6. The summed E-state index contributed by atoms with van der Waals surface area (Å²) in [6, 6.07) is 22.1. The van der Waals surface area contributed by atoms with E-state index in [9.17, 15) is 55.1 Å². The van der Waals surface area contributed by atoms with Crippen LogP contribution in [0.2, 0.25) is 5.02 Å². The molecule has 0 spiro atoms. The van der Waals surface area contributed by atoms with Crippen molar-refractivity contribution in [3.8, 4) is 22.3 Å². The minimum atomic E-state index is -4.49. The van der Waals surface area contributed by atoms with Crippen LogP contribution in [0.3, 0.4) is 0 Å². The van der Waals surface area contributed by atoms with Gasteiger partial charge in [0.05, 0.1) is 10.6 Å². The molecular formula is C42H35ClF6N6O6. The van der Waals surface area contributed by atoms with E-state index in [0.29, 0.717) is 28.8 Å². The van der Waals surface area contributed by atoms with Crippen molar-refractivity contribution in [3.05, 3.63) is 117 Å². The molecular weight excluding hydrogens is 834 g/mol. The van der Waals surface area contributed by atoms with Gasteiger partial charge in [0.15, 0.2) is 0 Å². The Hall–Kier alpha value is -6.43. The van der Waals surface area contributed by atoms with Gasteiger partial charge in [-0.25, -0.2) is 9.59 Å². The van der Waals surface area contributed by atoms with Gasteiger partial charge in [0.1, 0.15) is 26.2 Å². The number of alkyl halides is 6. The summed E-state index contributed by atoms with van der Waals surface area (Å²) in [5.74, 6) is -1.85. The SMILES string of the molecule is CN1C(=O)CN(Cc2ccc(-c3cc(Cl)c4c(c3)CN(CC(F)(F)F)C4=O)cc2)C1=O.CN1C(=O)CN(Cc2ccc(-c3ccc4c(c3)CN(CC(F)(F)F)C4=O)cc2)C1=O. The van der Waals surface area contributed by atoms with Crippen molar-refractivity contribution in [2.75, 3.05) is 40.3 Å². The van der Waals surface area contributed by atoms with Crippen LogP contribution in [-0.2, 0) is 35.8 Å². The van der Waals surface area contributed by atoms with Crippen molar-refractivity contribution >= 4 is 47.3 Å². The molecule has 0 saturated carbocycles. The van der Waals surface area contributed by atoms with Crippen LogP contribution >= 0.6 is 11.6 Å². The average Bonchev–Trinajstić information content (AvgIpc) is 3.84. The number of imide groups is 2. The highest BCUT2D eigenvalue weighted by atomic mass is 35.5. The van der Waals surface area contributed by atoms with Gasteiger partial charge in [0.2, 0.25) is 11.8 Å². The first-order valence-corrected chi connectivity index (χ1v) is 19.0. The maximum atomic E-state index is 12.7. The topological polar surface area (TPSA) is 122 Å². The number of likely N-dealkylation sites (N-methyl/N-ethyl adjacent to an activating group) is 2. The first-order chi connectivity index (χ1) is 28.7. The van der Waals surface area contributed by atoms with Crippen LogP contribution in [0.1, 0.15) is 43.0 Å². The molecule has 61 heavy (non-hydrogen) atoms. The molecule has 4 aliphatic heterocycles. The fraction of sp³-hybridized carbons (Fsp3) is 0.286. The second-order valence-corrected chi connectivity index (χ2v) is 15.4. The van der Waals surface area contributed by atoms with E-state index in [-0.39, 0.29) is 67.2 Å². The zero-order valence-electron chi connectivity index (χ0n) is 32.4. The van der Waals surface area contributed by atoms with Gasteiger partial charge in [-0.2, -0.15) is 26.3 Å². The highest BCUT2D eigenvalue weighted by Gasteiger charge is 2.40. The van der Waals surface area contributed by atoms with Crippen molar-refractivity contribution in [1.82, 2.24) is 29.4 Å². The molecule has 4 heterocycles. The third-order valence-electron chi connectivity index (χ3n) is 10.6. The van der Waals surface area contributed by atoms with Crippen molar-refractivity contribution < 1.29 is 55.1 Å². The van der Waals surface area contributed by atoms with E-state index in [1.54, 1.807) is 54.6 Å². The lowest BCUT2D eigenvalue weighted by Gasteiger charge is -2.17. The zero-order chi connectivity index (χ0) is 44.1. The number of nitrogens with zero attached hydrogens (tertiary/aromatic N) is 6. The number of amides is 8. The van der Waals surface area contributed by atoms with E-state index in [1.807, 2.05) is 24.3 Å². The first-order valence-electron chi connectivity index (χ1n) is 18.6. The lowest BCUT2D eigenvalue weighted by atomic mass is 9.99. The molecule has 12 nitrogen and oxygen atoms in total. The van der Waals surface area contributed by atoms with Gasteiger partial charge < -0.3 is 19.6 Å². The molecule has 2 fully saturated rings. The second-order valence-electron chi connectivity index (χ2n) is 15.0. The molecule has 0 bridgehead atoms. The third kappa shape index (κ3) is 9.18. The van der Waals surface area contributed by atoms with Crippen LogP contribution in [0.5, 0.6) is 0 Å². The van der Waals surface area contributed by atoms with Crippen molar-refractivity contribution in [2.24, 2.45) is 0 Å². The molecule has 0 unspecified atom stereocenters. The third-order valence-corrected chi connectivity index (χ3v) is 10.9. The number of carbonyl (C=O) groups excluding carboxylic acids is 6. The molecule has 0 radical (unpaired) electrons. The minimum absolute atomic E-state index is 0.0277. The molecule has 19 heteroatoms. The number of halogens is 7. The monoisotopic (exact) mass is 868 g/mol. The van der Waals surface area contributed by atoms with Crippen molar-refractivity contribution in [1.29, 1.82) is 0 Å². The van der Waals surface area contributed by atoms with Gasteiger partial charge in [0, 0.05) is 45.8 Å². The van der Waals surface area contributed by atoms with E-state index in [2.05, 4.69) is 0 Å². The molecule has 0 aromatic heterocycles. The Labute approximate surface area is 349 Å². The summed E-state index contributed by atoms with van der Waals surface area (Å²) >= 11 is 6.23. The standard InChI is InChI=1S/C21H17ClF3N3O3.C21H18F3N3O3/c1-26-17(29)10-27(20(26)31)8-12-2-4-13(5-3-12)14-6-15-9-28(11-21(23,24)25)19(30)18(15)16(22)7-14;1-25-18(28)11-26(20(25)30)9-13-2-4-14(5-3-13)15-6-7-17-16(8-15)10-27(19(17)29)12-21(22,23)24/h2-7H,8-11H2,1H3;2-8H,9-12H2,1H3. The van der Waals surface area contributed by atoms with Crippen molar-refractivity contribution in [3.63, 3.8) is 0 Å². The Kier molecular flexibility index (Phi) is 11.3. The summed E-state index contributed by atoms with van der Waals surface area (Å²) in [5.41, 5.74) is 6.13. The molecule has 2 saturated heterocycles. The van der Waals surface area contributed by atoms with Crippen LogP contribution in [-0.4, -0.2) is 118 Å². The fourth-order valence-corrected chi connectivity index (χ4v) is 7.80. The summed E-state index contributed by atoms with van der Waals surface area (Å²) in [7, 11) is 2.88. The largest absolute Gasteiger partial charge is 0.406 e. The van der Waals surface area contributed by atoms with Crippen LogP contribution in [0.15, 0.2) is 78.9 Å². The number of hydrogen-bond acceptors (Lipinski definition) is 6. The van der Waals surface area contributed by atoms with Crippen LogP contribution in [0, 0.1) is 0 Å². The lowest BCUT2D eigenvalue weighted by Crippen LogP contribution is -2.34. The van der Waals surface area contributed by atoms with Gasteiger partial charge in [-0.1, -0.05) is 66.2 Å². The molecule has 4 aromatic carbocycles. The molecule has 8 amide bonds. The number of carbonyl (C=O) groups is 6. The summed E-state index contributed by atoms with van der Waals surface area (Å²) in [6.07, 6.45) is -8.93. The molecule has 0 N–H and O–H groups in total. The predicted octanol–water partition coefficient (Wildman–Crippen LogP) is 7.18. The summed E-state index contributed by atoms with van der Waals surface area (Å²) in [4.78, 5) is 78.3. The molecule has 4 aliphatic rings. The van der Waals surface area contributed by atoms with Crippen LogP contribution < -0.4 is 0 Å². The van der Waals surface area contributed by atoms with E-state index in [4.69, 9.17) is 11.6 Å². The summed E-state index contributed by atoms with van der Waals surface area (Å²) < 4.78 is 76.2. The maximum absolute atomic E-state index is 12.7. The van der Waals surface area contributed by atoms with Crippen LogP contribution in [0.4, 0.5) is 35.9 Å². The molecule has 4 aromatic rings. The number of hydrogen-bond donors (Lipinski definition) is 0. The van der Waals surface area contributed by atoms with Crippen molar-refractivity contribution in [2.45, 2.75) is 38.5 Å². The van der Waals surface area contributed by atoms with Gasteiger partial charge in [-0.3, -0.25) is 29.0 Å². The zero-order valence-corrected chi connectivity index (χ0v) is 33.2. The Morgan fingerprint density at radius 2 is 0.934 bits per heavy atom. The second kappa shape index (κ2) is 16.2. The molecule has 0 aliphatic carbocycles. The van der Waals surface area contributed by atoms with E-state index in [1.165, 1.54) is 23.9 Å². The maximum Gasteiger partial charge on any atom is 0.406 e. The number of benzene rings is 4. The number of urea groups is 2. The smallest absolute Gasteiger partial charge is 0.325 e. The van der Waals surface area contributed by atoms with Gasteiger partial charge >= 0.3 is 24.4 Å². The minimum Gasteiger partial charge on any atom is -0.325 e. The predicted molar refractivity (Wildman–Crippen MR) is 208 cm³/mol. The number of rotatable bonds is 8. The summed E-state index contributed by atoms with van der Waals surface area (Å²) in [6.45, 7) is -2.16. The van der Waals surface area contributed by atoms with Gasteiger partial charge in [-0.05, 0) is 68.8 Å². The molecule has 0 atom stereocenters. The lowest BCUT2D eigenvalue weighted by molar-refractivity contribution is -0.141.